The molecule has 0 unspecified atom stereocenters. The summed E-state index contributed by atoms with van der Waals surface area (Å²) in [5.41, 5.74) is 0.619. The Morgan fingerprint density at radius 2 is 2.00 bits per heavy atom. The summed E-state index contributed by atoms with van der Waals surface area (Å²) in [5, 5.41) is 13.0. The second kappa shape index (κ2) is 11.1. The standard InChI is InChI=1S/C18H21N3O6/c1-12(2)20-18(24)21-16(22)11-27-17(23)7-5-13-4-6-14(26-9-8-19)15(10-13)25-3/h4-7,10,12H,9,11H2,1-3H3,(H2,20,21,22,24)/b7-5+. The number of esters is 1. The van der Waals surface area contributed by atoms with Gasteiger partial charge in [-0.25, -0.2) is 9.59 Å². The highest BCUT2D eigenvalue weighted by atomic mass is 16.5. The molecular formula is C18H21N3O6. The van der Waals surface area contributed by atoms with Gasteiger partial charge in [0.25, 0.3) is 5.91 Å². The maximum Gasteiger partial charge on any atom is 0.331 e. The van der Waals surface area contributed by atoms with E-state index in [0.717, 1.165) is 6.08 Å². The Morgan fingerprint density at radius 3 is 2.63 bits per heavy atom. The van der Waals surface area contributed by atoms with Gasteiger partial charge in [-0.05, 0) is 37.6 Å². The number of nitriles is 1. The summed E-state index contributed by atoms with van der Waals surface area (Å²) in [6.07, 6.45) is 2.59. The quantitative estimate of drug-likeness (QED) is 0.519. The third-order valence-corrected chi connectivity index (χ3v) is 2.91. The van der Waals surface area contributed by atoms with Crippen molar-refractivity contribution in [3.8, 4) is 17.6 Å². The monoisotopic (exact) mass is 375 g/mol. The van der Waals surface area contributed by atoms with Crippen molar-refractivity contribution >= 4 is 24.0 Å². The third-order valence-electron chi connectivity index (χ3n) is 2.91. The minimum Gasteiger partial charge on any atom is -0.493 e. The molecule has 9 heteroatoms. The predicted octanol–water partition coefficient (Wildman–Crippen LogP) is 1.39. The molecule has 27 heavy (non-hydrogen) atoms. The lowest BCUT2D eigenvalue weighted by molar-refractivity contribution is -0.143. The van der Waals surface area contributed by atoms with Crippen molar-refractivity contribution in [2.75, 3.05) is 20.3 Å². The average molecular weight is 375 g/mol. The van der Waals surface area contributed by atoms with Crippen LogP contribution in [0.4, 0.5) is 4.79 Å². The highest BCUT2D eigenvalue weighted by Gasteiger charge is 2.10. The van der Waals surface area contributed by atoms with Crippen molar-refractivity contribution in [3.05, 3.63) is 29.8 Å². The number of carbonyl (C=O) groups excluding carboxylic acids is 3. The van der Waals surface area contributed by atoms with Crippen LogP contribution in [0, 0.1) is 11.3 Å². The molecular weight excluding hydrogens is 354 g/mol. The number of amides is 3. The van der Waals surface area contributed by atoms with E-state index in [1.165, 1.54) is 13.2 Å². The van der Waals surface area contributed by atoms with Gasteiger partial charge in [0.2, 0.25) is 0 Å². The van der Waals surface area contributed by atoms with Crippen LogP contribution in [0.5, 0.6) is 11.5 Å². The maximum atomic E-state index is 11.7. The van der Waals surface area contributed by atoms with Gasteiger partial charge in [0.05, 0.1) is 7.11 Å². The normalized spacial score (nSPS) is 10.2. The van der Waals surface area contributed by atoms with Crippen molar-refractivity contribution in [1.82, 2.24) is 10.6 Å². The number of urea groups is 1. The molecule has 0 fully saturated rings. The van der Waals surface area contributed by atoms with Gasteiger partial charge < -0.3 is 19.5 Å². The molecule has 1 aromatic carbocycles. The van der Waals surface area contributed by atoms with Gasteiger partial charge >= 0.3 is 12.0 Å². The van der Waals surface area contributed by atoms with Crippen LogP contribution in [0.2, 0.25) is 0 Å². The lowest BCUT2D eigenvalue weighted by atomic mass is 10.2. The second-order valence-corrected chi connectivity index (χ2v) is 5.47. The molecule has 0 atom stereocenters. The Labute approximate surface area is 156 Å². The van der Waals surface area contributed by atoms with Crippen LogP contribution < -0.4 is 20.1 Å². The van der Waals surface area contributed by atoms with Gasteiger partial charge in [-0.1, -0.05) is 6.07 Å². The Morgan fingerprint density at radius 1 is 1.26 bits per heavy atom. The molecule has 0 aromatic heterocycles. The first-order chi connectivity index (χ1) is 12.8. The molecule has 9 nitrogen and oxygen atoms in total. The molecule has 144 valence electrons. The predicted molar refractivity (Wildman–Crippen MR) is 95.9 cm³/mol. The van der Waals surface area contributed by atoms with E-state index in [-0.39, 0.29) is 12.6 Å². The van der Waals surface area contributed by atoms with Crippen molar-refractivity contribution in [1.29, 1.82) is 5.26 Å². The number of nitrogens with zero attached hydrogens (tertiary/aromatic N) is 1. The smallest absolute Gasteiger partial charge is 0.331 e. The summed E-state index contributed by atoms with van der Waals surface area (Å²) < 4.78 is 15.1. The molecule has 0 aliphatic rings. The lowest BCUT2D eigenvalue weighted by Gasteiger charge is -2.09. The molecule has 2 N–H and O–H groups in total. The molecule has 0 spiro atoms. The van der Waals surface area contributed by atoms with E-state index in [1.807, 2.05) is 11.4 Å². The van der Waals surface area contributed by atoms with Gasteiger partial charge in [-0.2, -0.15) is 5.26 Å². The number of rotatable bonds is 8. The Kier molecular flexibility index (Phi) is 8.88. The fourth-order valence-corrected chi connectivity index (χ4v) is 1.83. The van der Waals surface area contributed by atoms with Crippen molar-refractivity contribution in [2.45, 2.75) is 19.9 Å². The minimum atomic E-state index is -0.752. The topological polar surface area (TPSA) is 127 Å². The van der Waals surface area contributed by atoms with Crippen LogP contribution in [-0.4, -0.2) is 44.3 Å². The van der Waals surface area contributed by atoms with Crippen molar-refractivity contribution < 1.29 is 28.6 Å². The zero-order valence-corrected chi connectivity index (χ0v) is 15.3. The van der Waals surface area contributed by atoms with E-state index in [2.05, 4.69) is 5.32 Å². The van der Waals surface area contributed by atoms with Crippen LogP contribution in [0.25, 0.3) is 6.08 Å². The zero-order valence-electron chi connectivity index (χ0n) is 15.3. The van der Waals surface area contributed by atoms with E-state index in [4.69, 9.17) is 19.5 Å². The molecule has 1 rings (SSSR count). The van der Waals surface area contributed by atoms with Gasteiger partial charge in [0, 0.05) is 12.1 Å². The third kappa shape index (κ3) is 8.40. The summed E-state index contributed by atoms with van der Waals surface area (Å²) in [6, 6.07) is 5.93. The molecule has 0 aliphatic heterocycles. The number of nitrogens with one attached hydrogen (secondary N) is 2. The number of ether oxygens (including phenoxy) is 3. The van der Waals surface area contributed by atoms with E-state index < -0.39 is 24.5 Å². The number of methoxy groups -OCH3 is 1. The fourth-order valence-electron chi connectivity index (χ4n) is 1.83. The number of benzene rings is 1. The zero-order chi connectivity index (χ0) is 20.2. The van der Waals surface area contributed by atoms with Crippen LogP contribution in [0.1, 0.15) is 19.4 Å². The number of hydrogen-bond acceptors (Lipinski definition) is 7. The van der Waals surface area contributed by atoms with Crippen molar-refractivity contribution in [2.24, 2.45) is 0 Å². The Hall–Kier alpha value is -3.54. The van der Waals surface area contributed by atoms with Crippen LogP contribution in [-0.2, 0) is 14.3 Å². The molecule has 0 saturated heterocycles. The first-order valence-corrected chi connectivity index (χ1v) is 7.98. The Balaban J connectivity index is 2.54. The maximum absolute atomic E-state index is 11.7. The molecule has 0 aliphatic carbocycles. The average Bonchev–Trinajstić information content (AvgIpc) is 2.62. The number of imide groups is 1. The van der Waals surface area contributed by atoms with E-state index >= 15 is 0 Å². The van der Waals surface area contributed by atoms with Gasteiger partial charge in [-0.3, -0.25) is 10.1 Å². The fraction of sp³-hybridized carbons (Fsp3) is 0.333. The molecule has 0 heterocycles. The van der Waals surface area contributed by atoms with Gasteiger partial charge in [0.1, 0.15) is 6.07 Å². The van der Waals surface area contributed by atoms with E-state index in [1.54, 1.807) is 32.0 Å². The summed E-state index contributed by atoms with van der Waals surface area (Å²) in [6.45, 7) is 2.78. The van der Waals surface area contributed by atoms with Gasteiger partial charge in [0.15, 0.2) is 24.7 Å². The number of carbonyl (C=O) groups is 3. The summed E-state index contributed by atoms with van der Waals surface area (Å²) in [7, 11) is 1.45. The molecule has 1 aromatic rings. The largest absolute Gasteiger partial charge is 0.493 e. The number of hydrogen-bond donors (Lipinski definition) is 2. The van der Waals surface area contributed by atoms with Crippen molar-refractivity contribution in [3.63, 3.8) is 0 Å². The van der Waals surface area contributed by atoms with E-state index in [9.17, 15) is 14.4 Å². The highest BCUT2D eigenvalue weighted by molar-refractivity contribution is 5.96. The summed E-state index contributed by atoms with van der Waals surface area (Å²) in [5.74, 6) is -0.694. The highest BCUT2D eigenvalue weighted by Crippen LogP contribution is 2.28. The van der Waals surface area contributed by atoms with Crippen LogP contribution in [0.3, 0.4) is 0 Å². The SMILES string of the molecule is COc1cc(/C=C/C(=O)OCC(=O)NC(=O)NC(C)C)ccc1OCC#N. The molecule has 3 amide bonds. The van der Waals surface area contributed by atoms with Gasteiger partial charge in [-0.15, -0.1) is 0 Å². The second-order valence-electron chi connectivity index (χ2n) is 5.47. The summed E-state index contributed by atoms with van der Waals surface area (Å²) >= 11 is 0. The molecule has 0 radical (unpaired) electrons. The van der Waals surface area contributed by atoms with E-state index in [0.29, 0.717) is 17.1 Å². The first-order valence-electron chi connectivity index (χ1n) is 7.98. The first kappa shape index (κ1) is 21.5. The molecule has 0 bridgehead atoms. The summed E-state index contributed by atoms with van der Waals surface area (Å²) in [4.78, 5) is 34.5. The molecule has 0 saturated carbocycles. The van der Waals surface area contributed by atoms with Crippen LogP contribution in [0.15, 0.2) is 24.3 Å². The Bertz CT molecular complexity index is 752. The minimum absolute atomic E-state index is 0.116. The van der Waals surface area contributed by atoms with Crippen LogP contribution >= 0.6 is 0 Å². The lowest BCUT2D eigenvalue weighted by Crippen LogP contribution is -2.43.